The fourth-order valence-electron chi connectivity index (χ4n) is 6.40. The molecule has 0 radical (unpaired) electrons. The first-order valence-electron chi connectivity index (χ1n) is 13.3. The van der Waals surface area contributed by atoms with Crippen LogP contribution in [-0.2, 0) is 5.41 Å². The Hall–Kier alpha value is -2.76. The van der Waals surface area contributed by atoms with E-state index in [9.17, 15) is 0 Å². The molecule has 6 aromatic carbocycles. The summed E-state index contributed by atoms with van der Waals surface area (Å²) in [5.74, 6) is 0. The maximum Gasteiger partial charge on any atom is 0.0715 e. The summed E-state index contributed by atoms with van der Waals surface area (Å²) in [6.07, 6.45) is 0. The minimum atomic E-state index is -0.530. The van der Waals surface area contributed by atoms with Crippen molar-refractivity contribution in [3.05, 3.63) is 174 Å². The molecular weight excluding hydrogens is 764 g/mol. The molecule has 0 N–H and O–H groups in total. The second kappa shape index (κ2) is 10.8. The van der Waals surface area contributed by atoms with Crippen molar-refractivity contribution in [2.75, 3.05) is 0 Å². The molecule has 4 heteroatoms. The van der Waals surface area contributed by atoms with Crippen LogP contribution in [0.5, 0.6) is 0 Å². The Bertz CT molecular complexity index is 1850. The van der Waals surface area contributed by atoms with Crippen molar-refractivity contribution in [3.8, 4) is 33.4 Å². The van der Waals surface area contributed by atoms with Gasteiger partial charge in [-0.05, 0) is 98.1 Å². The molecule has 198 valence electrons. The van der Waals surface area contributed by atoms with Gasteiger partial charge in [-0.25, -0.2) is 0 Å². The molecule has 0 fully saturated rings. The number of fused-ring (bicyclic) bond motifs is 3. The van der Waals surface area contributed by atoms with Gasteiger partial charge in [0.25, 0.3) is 0 Å². The van der Waals surface area contributed by atoms with E-state index in [1.807, 2.05) is 0 Å². The van der Waals surface area contributed by atoms with Crippen LogP contribution in [0.3, 0.4) is 0 Å². The summed E-state index contributed by atoms with van der Waals surface area (Å²) < 4.78 is 4.14. The molecule has 0 aromatic heterocycles. The topological polar surface area (TPSA) is 0 Å². The number of benzene rings is 6. The van der Waals surface area contributed by atoms with Crippen LogP contribution in [0.2, 0.25) is 0 Å². The third-order valence-electron chi connectivity index (χ3n) is 7.94. The Morgan fingerprint density at radius 2 is 0.854 bits per heavy atom. The zero-order valence-corrected chi connectivity index (χ0v) is 28.1. The first-order valence-corrected chi connectivity index (χ1v) is 16.4. The third-order valence-corrected chi connectivity index (χ3v) is 9.77. The molecule has 7 rings (SSSR count). The predicted molar refractivity (Wildman–Crippen MR) is 185 cm³/mol. The first kappa shape index (κ1) is 27.1. The molecule has 0 aliphatic heterocycles. The molecule has 0 bridgehead atoms. The lowest BCUT2D eigenvalue weighted by Crippen LogP contribution is -2.28. The Kier molecular flexibility index (Phi) is 7.15. The summed E-state index contributed by atoms with van der Waals surface area (Å²) in [4.78, 5) is 0. The van der Waals surface area contributed by atoms with Gasteiger partial charge in [0, 0.05) is 17.9 Å². The van der Waals surface area contributed by atoms with Crippen molar-refractivity contribution in [2.45, 2.75) is 5.41 Å². The Morgan fingerprint density at radius 3 is 1.51 bits per heavy atom. The monoisotopic (exact) mass is 782 g/mol. The highest BCUT2D eigenvalue weighted by Gasteiger charge is 2.47. The normalized spacial score (nSPS) is 13.1. The average molecular weight is 786 g/mol. The zero-order valence-electron chi connectivity index (χ0n) is 21.7. The SMILES string of the molecule is Brc1cc(Br)cc(C2(c3cc(Br)cc(Br)c3)c3ccccc3-c3c(-c4cccc(-c5ccccc5)c4)cccc32)c1. The number of hydrogen-bond donors (Lipinski definition) is 0. The molecule has 0 amide bonds. The Morgan fingerprint density at radius 1 is 0.366 bits per heavy atom. The van der Waals surface area contributed by atoms with E-state index < -0.39 is 5.41 Å². The van der Waals surface area contributed by atoms with Crippen molar-refractivity contribution in [2.24, 2.45) is 0 Å². The molecule has 0 atom stereocenters. The van der Waals surface area contributed by atoms with E-state index in [1.54, 1.807) is 0 Å². The largest absolute Gasteiger partial charge is 0.0715 e. The van der Waals surface area contributed by atoms with Gasteiger partial charge in [-0.2, -0.15) is 0 Å². The van der Waals surface area contributed by atoms with Gasteiger partial charge >= 0.3 is 0 Å². The van der Waals surface area contributed by atoms with Crippen molar-refractivity contribution < 1.29 is 0 Å². The minimum Gasteiger partial charge on any atom is -0.0622 e. The van der Waals surface area contributed by atoms with Gasteiger partial charge in [0.15, 0.2) is 0 Å². The van der Waals surface area contributed by atoms with Crippen LogP contribution in [0.15, 0.2) is 151 Å². The van der Waals surface area contributed by atoms with Gasteiger partial charge in [0.1, 0.15) is 0 Å². The van der Waals surface area contributed by atoms with Crippen LogP contribution >= 0.6 is 63.7 Å². The summed E-state index contributed by atoms with van der Waals surface area (Å²) >= 11 is 15.2. The van der Waals surface area contributed by atoms with E-state index in [0.717, 1.165) is 17.9 Å². The maximum atomic E-state index is 3.80. The molecule has 41 heavy (non-hydrogen) atoms. The first-order chi connectivity index (χ1) is 19.9. The summed E-state index contributed by atoms with van der Waals surface area (Å²) in [6, 6.07) is 48.4. The van der Waals surface area contributed by atoms with Gasteiger partial charge in [-0.15, -0.1) is 0 Å². The van der Waals surface area contributed by atoms with Crippen LogP contribution in [0, 0.1) is 0 Å². The van der Waals surface area contributed by atoms with E-state index >= 15 is 0 Å². The van der Waals surface area contributed by atoms with Crippen molar-refractivity contribution in [1.82, 2.24) is 0 Å². The molecule has 0 unspecified atom stereocenters. The second-order valence-electron chi connectivity index (χ2n) is 10.3. The van der Waals surface area contributed by atoms with E-state index in [4.69, 9.17) is 0 Å². The predicted octanol–water partition coefficient (Wildman–Crippen LogP) is 12.4. The molecule has 0 spiro atoms. The Balaban J connectivity index is 1.58. The van der Waals surface area contributed by atoms with Gasteiger partial charge in [-0.1, -0.05) is 155 Å². The highest BCUT2D eigenvalue weighted by molar-refractivity contribution is 9.11. The van der Waals surface area contributed by atoms with Crippen LogP contribution in [0.25, 0.3) is 33.4 Å². The van der Waals surface area contributed by atoms with E-state index in [2.05, 4.69) is 197 Å². The molecule has 6 aromatic rings. The van der Waals surface area contributed by atoms with Crippen molar-refractivity contribution in [3.63, 3.8) is 0 Å². The summed E-state index contributed by atoms with van der Waals surface area (Å²) in [6.45, 7) is 0. The summed E-state index contributed by atoms with van der Waals surface area (Å²) in [5, 5.41) is 0. The third kappa shape index (κ3) is 4.60. The van der Waals surface area contributed by atoms with Crippen LogP contribution in [0.1, 0.15) is 22.3 Å². The molecule has 0 saturated carbocycles. The summed E-state index contributed by atoms with van der Waals surface area (Å²) in [7, 11) is 0. The highest BCUT2D eigenvalue weighted by Crippen LogP contribution is 2.59. The zero-order chi connectivity index (χ0) is 28.1. The van der Waals surface area contributed by atoms with Crippen molar-refractivity contribution >= 4 is 63.7 Å². The molecule has 0 heterocycles. The second-order valence-corrected chi connectivity index (χ2v) is 13.9. The minimum absolute atomic E-state index is 0.530. The van der Waals surface area contributed by atoms with Gasteiger partial charge in [-0.3, -0.25) is 0 Å². The Labute approximate surface area is 274 Å². The fraction of sp³-hybridized carbons (Fsp3) is 0.0270. The van der Waals surface area contributed by atoms with Gasteiger partial charge in [0.2, 0.25) is 0 Å². The van der Waals surface area contributed by atoms with Crippen LogP contribution in [-0.4, -0.2) is 0 Å². The molecule has 1 aliphatic rings. The fourth-order valence-corrected chi connectivity index (χ4v) is 8.98. The molecule has 1 aliphatic carbocycles. The van der Waals surface area contributed by atoms with E-state index in [-0.39, 0.29) is 0 Å². The van der Waals surface area contributed by atoms with Gasteiger partial charge < -0.3 is 0 Å². The molecular formula is C37H22Br4. The van der Waals surface area contributed by atoms with Gasteiger partial charge in [0.05, 0.1) is 5.41 Å². The lowest BCUT2D eigenvalue weighted by molar-refractivity contribution is 0.765. The average Bonchev–Trinajstić information content (AvgIpc) is 3.28. The van der Waals surface area contributed by atoms with Crippen LogP contribution < -0.4 is 0 Å². The van der Waals surface area contributed by atoms with Crippen LogP contribution in [0.4, 0.5) is 0 Å². The standard InChI is InChI=1S/C37H22Br4/c38-28-17-26(18-29(39)21-28)37(27-19-30(40)22-31(41)20-27)34-14-5-4-12-33(34)36-32(13-7-15-35(36)37)25-11-6-10-24(16-25)23-8-2-1-3-9-23/h1-22H. The smallest absolute Gasteiger partial charge is 0.0622 e. The lowest BCUT2D eigenvalue weighted by atomic mass is 9.67. The highest BCUT2D eigenvalue weighted by atomic mass is 79.9. The lowest BCUT2D eigenvalue weighted by Gasteiger charge is -2.34. The summed E-state index contributed by atoms with van der Waals surface area (Å²) in [5.41, 5.74) is 11.8. The molecule has 0 saturated heterocycles. The van der Waals surface area contributed by atoms with E-state index in [1.165, 1.54) is 55.6 Å². The van der Waals surface area contributed by atoms with Crippen molar-refractivity contribution in [1.29, 1.82) is 0 Å². The maximum absolute atomic E-state index is 3.80. The number of rotatable bonds is 4. The number of hydrogen-bond acceptors (Lipinski definition) is 0. The number of halogens is 4. The quantitative estimate of drug-likeness (QED) is 0.167. The molecule has 0 nitrogen and oxygen atoms in total. The van der Waals surface area contributed by atoms with E-state index in [0.29, 0.717) is 0 Å².